The van der Waals surface area contributed by atoms with Crippen LogP contribution in [0, 0.1) is 0 Å². The maximum Gasteiger partial charge on any atom is 0.143 e. The second-order valence-electron chi connectivity index (χ2n) is 25.5. The molecule has 19 rings (SSSR count). The van der Waals surface area contributed by atoms with Gasteiger partial charge in [0.2, 0.25) is 0 Å². The van der Waals surface area contributed by atoms with Gasteiger partial charge in [-0.25, -0.2) is 0 Å². The topological polar surface area (TPSA) is 45.9 Å². The van der Waals surface area contributed by atoms with Crippen LogP contribution < -0.4 is 9.80 Å². The van der Waals surface area contributed by atoms with Gasteiger partial charge in [-0.2, -0.15) is 0 Å². The first kappa shape index (κ1) is 60.0. The number of hydrogen-bond acceptors (Lipinski definition) is 5. The molecule has 0 unspecified atom stereocenters. The van der Waals surface area contributed by atoms with Crippen LogP contribution in [0.4, 0.5) is 34.1 Å². The smallest absolute Gasteiger partial charge is 0.143 e. The summed E-state index contributed by atoms with van der Waals surface area (Å²) in [5.74, 6) is 0. The van der Waals surface area contributed by atoms with Gasteiger partial charge in [-0.1, -0.05) is 297 Å². The quantitative estimate of drug-likeness (QED) is 0.115. The fraction of sp³-hybridized carbons (Fsp3) is 0. The SMILES string of the molecule is c1ccc(-c2ccc(-c3ccc(N(c4ccc(-c5cccc6c5oc5ccccc56)cc4)c4cccc5oc6ccccc6c45)cc3)cc2)cc1.c1ccc(-c2ccc(-c3ccc(N(c4ccc(-c5ccccc5)cc4)c4ccc(-c5cccc6c5oc5ccccc56)cc4)cc3)cc2)cc1. The lowest BCUT2D eigenvalue weighted by atomic mass is 9.99. The third-order valence-corrected chi connectivity index (χ3v) is 19.4. The van der Waals surface area contributed by atoms with Gasteiger partial charge in [-0.15, -0.1) is 0 Å². The van der Waals surface area contributed by atoms with Crippen LogP contribution in [0.1, 0.15) is 0 Å². The normalized spacial score (nSPS) is 11.4. The van der Waals surface area contributed by atoms with Crippen molar-refractivity contribution in [2.24, 2.45) is 0 Å². The molecule has 0 amide bonds. The Morgan fingerprint density at radius 2 is 0.416 bits per heavy atom. The predicted octanol–water partition coefficient (Wildman–Crippen LogP) is 27.7. The van der Waals surface area contributed by atoms with Gasteiger partial charge in [-0.3, -0.25) is 0 Å². The molecule has 0 spiro atoms. The number of para-hydroxylation sites is 5. The molecule has 0 aliphatic heterocycles. The Morgan fingerprint density at radius 3 is 0.782 bits per heavy atom. The van der Waals surface area contributed by atoms with Crippen LogP contribution >= 0.6 is 0 Å². The van der Waals surface area contributed by atoms with Crippen molar-refractivity contribution in [1.82, 2.24) is 0 Å². The van der Waals surface area contributed by atoms with Gasteiger partial charge >= 0.3 is 0 Å². The second kappa shape index (κ2) is 26.2. The van der Waals surface area contributed by atoms with E-state index in [1.54, 1.807) is 0 Å². The largest absolute Gasteiger partial charge is 0.456 e. The van der Waals surface area contributed by atoms with E-state index < -0.39 is 0 Å². The van der Waals surface area contributed by atoms with E-state index in [9.17, 15) is 0 Å². The molecule has 0 bridgehead atoms. The maximum absolute atomic E-state index is 6.39. The van der Waals surface area contributed by atoms with E-state index in [1.807, 2.05) is 36.4 Å². The van der Waals surface area contributed by atoms with Gasteiger partial charge in [0.25, 0.3) is 0 Å². The Hall–Kier alpha value is -13.5. The average Bonchev–Trinajstić information content (AvgIpc) is 1.63. The highest BCUT2D eigenvalue weighted by molar-refractivity contribution is 6.14. The molecule has 0 atom stereocenters. The number of anilines is 6. The summed E-state index contributed by atoms with van der Waals surface area (Å²) in [5.41, 5.74) is 28.2. The first-order valence-corrected chi connectivity index (χ1v) is 34.3. The molecule has 16 aromatic carbocycles. The molecule has 0 N–H and O–H groups in total. The molecule has 0 aliphatic carbocycles. The summed E-state index contributed by atoms with van der Waals surface area (Å²) >= 11 is 0. The van der Waals surface area contributed by atoms with Gasteiger partial charge < -0.3 is 23.1 Å². The Morgan fingerprint density at radius 1 is 0.158 bits per heavy atom. The number of rotatable bonds is 13. The van der Waals surface area contributed by atoms with E-state index in [-0.39, 0.29) is 0 Å². The van der Waals surface area contributed by atoms with Crippen LogP contribution in [0.3, 0.4) is 0 Å². The minimum atomic E-state index is 0.863. The summed E-state index contributed by atoms with van der Waals surface area (Å²) in [7, 11) is 0. The van der Waals surface area contributed by atoms with E-state index >= 15 is 0 Å². The Labute approximate surface area is 585 Å². The Balaban J connectivity index is 0.000000145. The minimum absolute atomic E-state index is 0.863. The van der Waals surface area contributed by atoms with Crippen molar-refractivity contribution in [3.05, 3.63) is 388 Å². The van der Waals surface area contributed by atoms with E-state index in [0.29, 0.717) is 0 Å². The van der Waals surface area contributed by atoms with E-state index in [0.717, 1.165) is 122 Å². The van der Waals surface area contributed by atoms with Crippen LogP contribution in [0.25, 0.3) is 144 Å². The fourth-order valence-corrected chi connectivity index (χ4v) is 14.4. The number of fused-ring (bicyclic) bond motifs is 9. The molecular formula is C96H64N2O3. The standard InChI is InChI=1S/C48H31NO2.C48H33NO/c1-2-10-32(11-3-1)33-20-22-34(23-21-33)35-24-28-37(29-25-35)49(43-16-9-19-46-47(43)42-13-5-7-18-45(42)50-46)38-30-26-36(27-31-38)39-14-8-15-41-40-12-4-6-17-44(40)51-48(39)41;1-3-10-34(11-4-1)36-18-20-37(21-19-36)39-24-30-42(31-25-39)49(41-28-22-38(23-29-41)35-12-5-2-6-13-35)43-32-26-40(27-33-43)44-15-9-16-46-45-14-7-8-17-47(45)50-48(44)46/h1-31H;1-33H. The third kappa shape index (κ3) is 11.5. The van der Waals surface area contributed by atoms with Crippen molar-refractivity contribution in [3.8, 4) is 77.9 Å². The monoisotopic (exact) mass is 1290 g/mol. The van der Waals surface area contributed by atoms with Crippen molar-refractivity contribution in [2.75, 3.05) is 9.80 Å². The summed E-state index contributed by atoms with van der Waals surface area (Å²) in [6.07, 6.45) is 0. The number of benzene rings is 16. The Bertz CT molecular complexity index is 6120. The number of nitrogens with zero attached hydrogens (tertiary/aromatic N) is 2. The zero-order chi connectivity index (χ0) is 67.0. The molecule has 0 saturated carbocycles. The summed E-state index contributed by atoms with van der Waals surface area (Å²) in [6.45, 7) is 0. The molecular weight excluding hydrogens is 1230 g/mol. The van der Waals surface area contributed by atoms with Gasteiger partial charge in [0.05, 0.1) is 11.1 Å². The summed E-state index contributed by atoms with van der Waals surface area (Å²) < 4.78 is 19.1. The average molecular weight is 1290 g/mol. The van der Waals surface area contributed by atoms with Crippen molar-refractivity contribution in [3.63, 3.8) is 0 Å². The lowest BCUT2D eigenvalue weighted by molar-refractivity contribution is 0.669. The molecule has 0 fully saturated rings. The molecule has 0 saturated heterocycles. The van der Waals surface area contributed by atoms with E-state index in [2.05, 4.69) is 362 Å². The summed E-state index contributed by atoms with van der Waals surface area (Å²) in [6, 6.07) is 137. The molecule has 3 heterocycles. The predicted molar refractivity (Wildman–Crippen MR) is 422 cm³/mol. The van der Waals surface area contributed by atoms with Crippen LogP contribution in [0.5, 0.6) is 0 Å². The number of furan rings is 3. The molecule has 5 nitrogen and oxygen atoms in total. The van der Waals surface area contributed by atoms with Crippen molar-refractivity contribution >= 4 is 99.9 Å². The minimum Gasteiger partial charge on any atom is -0.456 e. The highest BCUT2D eigenvalue weighted by Crippen LogP contribution is 2.46. The maximum atomic E-state index is 6.39. The van der Waals surface area contributed by atoms with Crippen molar-refractivity contribution < 1.29 is 13.3 Å². The molecule has 0 aliphatic rings. The lowest BCUT2D eigenvalue weighted by Gasteiger charge is -2.26. The summed E-state index contributed by atoms with van der Waals surface area (Å²) in [5, 5.41) is 6.72. The van der Waals surface area contributed by atoms with Gasteiger partial charge in [0.15, 0.2) is 0 Å². The second-order valence-corrected chi connectivity index (χ2v) is 25.5. The lowest BCUT2D eigenvalue weighted by Crippen LogP contribution is -2.10. The van der Waals surface area contributed by atoms with Crippen LogP contribution in [-0.2, 0) is 0 Å². The van der Waals surface area contributed by atoms with Gasteiger partial charge in [0.1, 0.15) is 33.5 Å². The molecule has 19 aromatic rings. The van der Waals surface area contributed by atoms with Crippen molar-refractivity contribution in [2.45, 2.75) is 0 Å². The third-order valence-electron chi connectivity index (χ3n) is 19.4. The van der Waals surface area contributed by atoms with Gasteiger partial charge in [-0.05, 0) is 158 Å². The first-order chi connectivity index (χ1) is 50.1. The molecule has 101 heavy (non-hydrogen) atoms. The van der Waals surface area contributed by atoms with Crippen LogP contribution in [0.15, 0.2) is 401 Å². The van der Waals surface area contributed by atoms with E-state index in [4.69, 9.17) is 13.3 Å². The Kier molecular flexibility index (Phi) is 15.5. The zero-order valence-electron chi connectivity index (χ0n) is 55.1. The van der Waals surface area contributed by atoms with Crippen molar-refractivity contribution in [1.29, 1.82) is 0 Å². The highest BCUT2D eigenvalue weighted by Gasteiger charge is 2.22. The van der Waals surface area contributed by atoms with E-state index in [1.165, 1.54) is 55.6 Å². The molecule has 5 heteroatoms. The van der Waals surface area contributed by atoms with Gasteiger partial charge in [0, 0.05) is 66.5 Å². The first-order valence-electron chi connectivity index (χ1n) is 34.3. The highest BCUT2D eigenvalue weighted by atomic mass is 16.3. The van der Waals surface area contributed by atoms with Crippen LogP contribution in [-0.4, -0.2) is 0 Å². The fourth-order valence-electron chi connectivity index (χ4n) is 14.4. The molecule has 476 valence electrons. The van der Waals surface area contributed by atoms with Crippen LogP contribution in [0.2, 0.25) is 0 Å². The molecule has 0 radical (unpaired) electrons. The summed E-state index contributed by atoms with van der Waals surface area (Å²) in [4.78, 5) is 4.65. The zero-order valence-corrected chi connectivity index (χ0v) is 55.1. The molecule has 3 aromatic heterocycles. The number of hydrogen-bond donors (Lipinski definition) is 0.